The van der Waals surface area contributed by atoms with Crippen molar-refractivity contribution in [1.29, 1.82) is 0 Å². The molecule has 16 heavy (non-hydrogen) atoms. The van der Waals surface area contributed by atoms with Gasteiger partial charge in [0, 0.05) is 31.7 Å². The van der Waals surface area contributed by atoms with Crippen molar-refractivity contribution < 1.29 is 0 Å². The van der Waals surface area contributed by atoms with Crippen LogP contribution in [0.1, 0.15) is 18.4 Å². The molecule has 1 N–H and O–H groups in total. The highest BCUT2D eigenvalue weighted by Crippen LogP contribution is 2.28. The predicted molar refractivity (Wildman–Crippen MR) is 68.9 cm³/mol. The number of rotatable bonds is 2. The van der Waals surface area contributed by atoms with Crippen molar-refractivity contribution in [2.45, 2.75) is 31.5 Å². The third-order valence-electron chi connectivity index (χ3n) is 3.74. The zero-order chi connectivity index (χ0) is 10.1. The lowest BCUT2D eigenvalue weighted by atomic mass is 10.1. The second-order valence-electron chi connectivity index (χ2n) is 4.70. The molecular weight excluding hydrogens is 220 g/mol. The van der Waals surface area contributed by atoms with Crippen molar-refractivity contribution in [2.24, 2.45) is 0 Å². The van der Waals surface area contributed by atoms with Crippen LogP contribution in [0.4, 0.5) is 0 Å². The highest BCUT2D eigenvalue weighted by Gasteiger charge is 2.35. The van der Waals surface area contributed by atoms with Gasteiger partial charge in [-0.15, -0.1) is 12.4 Å². The van der Waals surface area contributed by atoms with Gasteiger partial charge >= 0.3 is 0 Å². The number of hydrogen-bond donors (Lipinski definition) is 1. The first-order valence-electron chi connectivity index (χ1n) is 5.94. The molecule has 2 bridgehead atoms. The lowest BCUT2D eigenvalue weighted by molar-refractivity contribution is 0.145. The second kappa shape index (κ2) is 5.17. The maximum atomic E-state index is 3.52. The van der Waals surface area contributed by atoms with Crippen LogP contribution in [0.2, 0.25) is 0 Å². The van der Waals surface area contributed by atoms with Crippen LogP contribution < -0.4 is 5.32 Å². The van der Waals surface area contributed by atoms with Gasteiger partial charge in [0.25, 0.3) is 0 Å². The highest BCUT2D eigenvalue weighted by atomic mass is 35.5. The molecule has 0 aromatic heterocycles. The summed E-state index contributed by atoms with van der Waals surface area (Å²) in [7, 11) is 0. The monoisotopic (exact) mass is 238 g/mol. The van der Waals surface area contributed by atoms with E-state index in [1.54, 1.807) is 0 Å². The lowest BCUT2D eigenvalue weighted by Crippen LogP contribution is -2.51. The summed E-state index contributed by atoms with van der Waals surface area (Å²) in [5, 5.41) is 3.52. The molecule has 0 radical (unpaired) electrons. The van der Waals surface area contributed by atoms with Crippen LogP contribution in [-0.2, 0) is 6.54 Å². The van der Waals surface area contributed by atoms with E-state index in [0.717, 1.165) is 18.6 Å². The summed E-state index contributed by atoms with van der Waals surface area (Å²) in [4.78, 5) is 2.69. The van der Waals surface area contributed by atoms with E-state index in [2.05, 4.69) is 40.5 Å². The number of halogens is 1. The standard InChI is InChI=1S/C13H18N2.ClH/c1-2-4-11(5-3-1)10-15-12-6-7-13(15)9-14-8-12;/h1-5,12-14H,6-10H2;1H. The zero-order valence-corrected chi connectivity index (χ0v) is 10.2. The summed E-state index contributed by atoms with van der Waals surface area (Å²) in [6.07, 6.45) is 2.76. The molecule has 3 rings (SSSR count). The van der Waals surface area contributed by atoms with E-state index in [0.29, 0.717) is 0 Å². The first kappa shape index (κ1) is 11.9. The van der Waals surface area contributed by atoms with Crippen molar-refractivity contribution in [3.8, 4) is 0 Å². The number of nitrogens with zero attached hydrogens (tertiary/aromatic N) is 1. The minimum atomic E-state index is 0. The molecule has 2 fully saturated rings. The largest absolute Gasteiger partial charge is 0.314 e. The quantitative estimate of drug-likeness (QED) is 0.849. The smallest absolute Gasteiger partial charge is 0.0240 e. The first-order valence-corrected chi connectivity index (χ1v) is 5.94. The SMILES string of the molecule is Cl.c1ccc(CN2C3CCC2CNC3)cc1. The van der Waals surface area contributed by atoms with Gasteiger partial charge in [-0.3, -0.25) is 4.90 Å². The van der Waals surface area contributed by atoms with Gasteiger partial charge in [-0.05, 0) is 18.4 Å². The molecule has 0 amide bonds. The molecule has 2 heterocycles. The number of piperazine rings is 1. The Kier molecular flexibility index (Phi) is 3.85. The molecule has 2 aliphatic rings. The average Bonchev–Trinajstić information content (AvgIpc) is 2.53. The van der Waals surface area contributed by atoms with Crippen LogP contribution >= 0.6 is 12.4 Å². The van der Waals surface area contributed by atoms with Crippen molar-refractivity contribution in [1.82, 2.24) is 10.2 Å². The molecular formula is C13H19ClN2. The van der Waals surface area contributed by atoms with Gasteiger partial charge in [-0.1, -0.05) is 30.3 Å². The summed E-state index contributed by atoms with van der Waals surface area (Å²) < 4.78 is 0. The average molecular weight is 239 g/mol. The Morgan fingerprint density at radius 2 is 1.69 bits per heavy atom. The summed E-state index contributed by atoms with van der Waals surface area (Å²) in [5.41, 5.74) is 1.45. The van der Waals surface area contributed by atoms with E-state index in [1.165, 1.54) is 31.5 Å². The van der Waals surface area contributed by atoms with Crippen LogP contribution in [0.5, 0.6) is 0 Å². The van der Waals surface area contributed by atoms with Crippen LogP contribution in [-0.4, -0.2) is 30.1 Å². The molecule has 2 atom stereocenters. The van der Waals surface area contributed by atoms with E-state index < -0.39 is 0 Å². The van der Waals surface area contributed by atoms with Gasteiger partial charge in [-0.25, -0.2) is 0 Å². The Hall–Kier alpha value is -0.570. The van der Waals surface area contributed by atoms with Gasteiger partial charge in [-0.2, -0.15) is 0 Å². The number of nitrogens with one attached hydrogen (secondary N) is 1. The Morgan fingerprint density at radius 3 is 2.31 bits per heavy atom. The van der Waals surface area contributed by atoms with E-state index in [4.69, 9.17) is 0 Å². The number of benzene rings is 1. The van der Waals surface area contributed by atoms with Crippen molar-refractivity contribution in [3.05, 3.63) is 35.9 Å². The Bertz CT molecular complexity index is 312. The zero-order valence-electron chi connectivity index (χ0n) is 9.43. The maximum absolute atomic E-state index is 3.52. The molecule has 2 aliphatic heterocycles. The van der Waals surface area contributed by atoms with Crippen molar-refractivity contribution >= 4 is 12.4 Å². The van der Waals surface area contributed by atoms with Crippen LogP contribution in [0.25, 0.3) is 0 Å². The molecule has 0 saturated carbocycles. The molecule has 2 unspecified atom stereocenters. The molecule has 2 nitrogen and oxygen atoms in total. The van der Waals surface area contributed by atoms with Gasteiger partial charge in [0.2, 0.25) is 0 Å². The third kappa shape index (κ3) is 2.24. The summed E-state index contributed by atoms with van der Waals surface area (Å²) in [5.74, 6) is 0. The van der Waals surface area contributed by atoms with E-state index >= 15 is 0 Å². The topological polar surface area (TPSA) is 15.3 Å². The molecule has 1 aromatic rings. The molecule has 2 saturated heterocycles. The Balaban J connectivity index is 0.000000963. The first-order chi connectivity index (χ1) is 7.43. The fourth-order valence-corrected chi connectivity index (χ4v) is 2.92. The fourth-order valence-electron chi connectivity index (χ4n) is 2.92. The van der Waals surface area contributed by atoms with Crippen molar-refractivity contribution in [2.75, 3.05) is 13.1 Å². The highest BCUT2D eigenvalue weighted by molar-refractivity contribution is 5.85. The normalized spacial score (nSPS) is 28.8. The molecule has 88 valence electrons. The van der Waals surface area contributed by atoms with Crippen LogP contribution in [0, 0.1) is 0 Å². The second-order valence-corrected chi connectivity index (χ2v) is 4.70. The number of hydrogen-bond acceptors (Lipinski definition) is 2. The molecule has 0 spiro atoms. The summed E-state index contributed by atoms with van der Waals surface area (Å²) in [6.45, 7) is 3.50. The fraction of sp³-hybridized carbons (Fsp3) is 0.538. The molecule has 0 aliphatic carbocycles. The minimum absolute atomic E-state index is 0. The molecule has 3 heteroatoms. The van der Waals surface area contributed by atoms with E-state index in [9.17, 15) is 0 Å². The van der Waals surface area contributed by atoms with Gasteiger partial charge < -0.3 is 5.32 Å². The van der Waals surface area contributed by atoms with Crippen molar-refractivity contribution in [3.63, 3.8) is 0 Å². The van der Waals surface area contributed by atoms with E-state index in [-0.39, 0.29) is 12.4 Å². The van der Waals surface area contributed by atoms with Crippen LogP contribution in [0.15, 0.2) is 30.3 Å². The van der Waals surface area contributed by atoms with Gasteiger partial charge in [0.15, 0.2) is 0 Å². The third-order valence-corrected chi connectivity index (χ3v) is 3.74. The van der Waals surface area contributed by atoms with Crippen LogP contribution in [0.3, 0.4) is 0 Å². The predicted octanol–water partition coefficient (Wildman–Crippen LogP) is 2.04. The van der Waals surface area contributed by atoms with Gasteiger partial charge in [0.05, 0.1) is 0 Å². The maximum Gasteiger partial charge on any atom is 0.0240 e. The minimum Gasteiger partial charge on any atom is -0.314 e. The lowest BCUT2D eigenvalue weighted by Gasteiger charge is -2.35. The molecule has 1 aromatic carbocycles. The summed E-state index contributed by atoms with van der Waals surface area (Å²) in [6, 6.07) is 12.4. The summed E-state index contributed by atoms with van der Waals surface area (Å²) >= 11 is 0. The number of fused-ring (bicyclic) bond motifs is 2. The Morgan fingerprint density at radius 1 is 1.06 bits per heavy atom. The Labute approximate surface area is 103 Å². The van der Waals surface area contributed by atoms with E-state index in [1.807, 2.05) is 0 Å². The van der Waals surface area contributed by atoms with Gasteiger partial charge in [0.1, 0.15) is 0 Å².